The molecule has 6 heteroatoms. The molecule has 0 saturated carbocycles. The van der Waals surface area contributed by atoms with E-state index in [0.29, 0.717) is 16.3 Å². The second-order valence-electron chi connectivity index (χ2n) is 4.19. The van der Waals surface area contributed by atoms with Crippen LogP contribution in [0.15, 0.2) is 36.4 Å². The van der Waals surface area contributed by atoms with Gasteiger partial charge in [-0.25, -0.2) is 9.18 Å². The van der Waals surface area contributed by atoms with Crippen molar-refractivity contribution in [2.45, 2.75) is 6.61 Å². The molecule has 21 heavy (non-hydrogen) atoms. The molecule has 110 valence electrons. The molecular weight excluding hydrogens is 299 g/mol. The third-order valence-electron chi connectivity index (χ3n) is 2.80. The lowest BCUT2D eigenvalue weighted by atomic mass is 10.2. The Bertz CT molecular complexity index is 673. The van der Waals surface area contributed by atoms with Crippen LogP contribution in [-0.4, -0.2) is 18.2 Å². The number of hydrogen-bond donors (Lipinski definition) is 1. The molecule has 2 aromatic rings. The predicted molar refractivity (Wildman–Crippen MR) is 75.7 cm³/mol. The Hall–Kier alpha value is -2.27. The summed E-state index contributed by atoms with van der Waals surface area (Å²) in [6.45, 7) is -0.0250. The van der Waals surface area contributed by atoms with Crippen LogP contribution in [0.4, 0.5) is 4.39 Å². The minimum atomic E-state index is -1.15. The SMILES string of the molecule is COc1ccc(F)cc1COc1ccc(Cl)cc1C(=O)O. The van der Waals surface area contributed by atoms with Crippen LogP contribution in [0.1, 0.15) is 15.9 Å². The number of methoxy groups -OCH3 is 1. The first-order valence-electron chi connectivity index (χ1n) is 5.99. The van der Waals surface area contributed by atoms with Crippen LogP contribution in [0, 0.1) is 5.82 Å². The van der Waals surface area contributed by atoms with Gasteiger partial charge in [-0.15, -0.1) is 0 Å². The van der Waals surface area contributed by atoms with Gasteiger partial charge in [0.15, 0.2) is 0 Å². The number of hydrogen-bond acceptors (Lipinski definition) is 3. The van der Waals surface area contributed by atoms with Gasteiger partial charge in [-0.3, -0.25) is 0 Å². The largest absolute Gasteiger partial charge is 0.496 e. The van der Waals surface area contributed by atoms with E-state index < -0.39 is 11.8 Å². The molecule has 2 aromatic carbocycles. The number of benzene rings is 2. The van der Waals surface area contributed by atoms with E-state index in [9.17, 15) is 9.18 Å². The lowest BCUT2D eigenvalue weighted by Gasteiger charge is -2.12. The van der Waals surface area contributed by atoms with Gasteiger partial charge in [-0.05, 0) is 36.4 Å². The minimum absolute atomic E-state index is 0.0250. The fourth-order valence-corrected chi connectivity index (χ4v) is 1.98. The standard InChI is InChI=1S/C15H12ClFO4/c1-20-13-5-3-11(17)6-9(13)8-21-14-4-2-10(16)7-12(14)15(18)19/h2-7H,8H2,1H3,(H,18,19). The highest BCUT2D eigenvalue weighted by Gasteiger charge is 2.13. The first-order valence-corrected chi connectivity index (χ1v) is 6.37. The van der Waals surface area contributed by atoms with Gasteiger partial charge in [0.05, 0.1) is 7.11 Å². The summed E-state index contributed by atoms with van der Waals surface area (Å²) in [6.07, 6.45) is 0. The Labute approximate surface area is 125 Å². The van der Waals surface area contributed by atoms with Crippen molar-refractivity contribution >= 4 is 17.6 Å². The molecule has 0 bridgehead atoms. The first kappa shape index (κ1) is 15.1. The quantitative estimate of drug-likeness (QED) is 0.913. The average Bonchev–Trinajstić information content (AvgIpc) is 2.46. The monoisotopic (exact) mass is 310 g/mol. The number of ether oxygens (including phenoxy) is 2. The van der Waals surface area contributed by atoms with Crippen molar-refractivity contribution in [3.63, 3.8) is 0 Å². The van der Waals surface area contributed by atoms with Crippen molar-refractivity contribution in [2.75, 3.05) is 7.11 Å². The zero-order chi connectivity index (χ0) is 15.4. The van der Waals surface area contributed by atoms with E-state index >= 15 is 0 Å². The van der Waals surface area contributed by atoms with Gasteiger partial charge in [0.25, 0.3) is 0 Å². The second kappa shape index (κ2) is 6.45. The van der Waals surface area contributed by atoms with Crippen molar-refractivity contribution < 1.29 is 23.8 Å². The lowest BCUT2D eigenvalue weighted by Crippen LogP contribution is -2.04. The highest BCUT2D eigenvalue weighted by Crippen LogP contribution is 2.26. The van der Waals surface area contributed by atoms with Crippen molar-refractivity contribution in [1.82, 2.24) is 0 Å². The van der Waals surface area contributed by atoms with Crippen LogP contribution in [-0.2, 0) is 6.61 Å². The number of aromatic carboxylic acids is 1. The Morgan fingerprint density at radius 2 is 1.95 bits per heavy atom. The van der Waals surface area contributed by atoms with Gasteiger partial charge >= 0.3 is 5.97 Å². The van der Waals surface area contributed by atoms with E-state index in [1.165, 1.54) is 43.5 Å². The van der Waals surface area contributed by atoms with Crippen molar-refractivity contribution in [2.24, 2.45) is 0 Å². The van der Waals surface area contributed by atoms with Gasteiger partial charge in [0.1, 0.15) is 29.5 Å². The summed E-state index contributed by atoms with van der Waals surface area (Å²) in [5.41, 5.74) is 0.418. The highest BCUT2D eigenvalue weighted by atomic mass is 35.5. The maximum absolute atomic E-state index is 13.2. The summed E-state index contributed by atoms with van der Waals surface area (Å²) >= 11 is 5.76. The molecule has 4 nitrogen and oxygen atoms in total. The average molecular weight is 311 g/mol. The fraction of sp³-hybridized carbons (Fsp3) is 0.133. The third kappa shape index (κ3) is 3.64. The number of carbonyl (C=O) groups is 1. The van der Waals surface area contributed by atoms with Gasteiger partial charge < -0.3 is 14.6 Å². The van der Waals surface area contributed by atoms with Crippen molar-refractivity contribution in [1.29, 1.82) is 0 Å². The molecule has 0 heterocycles. The summed E-state index contributed by atoms with van der Waals surface area (Å²) in [7, 11) is 1.46. The molecule has 0 amide bonds. The molecule has 0 saturated heterocycles. The molecular formula is C15H12ClFO4. The molecule has 0 aromatic heterocycles. The lowest BCUT2D eigenvalue weighted by molar-refractivity contribution is 0.0691. The minimum Gasteiger partial charge on any atom is -0.496 e. The Kier molecular flexibility index (Phi) is 4.65. The van der Waals surface area contributed by atoms with Crippen LogP contribution in [0.25, 0.3) is 0 Å². The molecule has 0 spiro atoms. The zero-order valence-corrected chi connectivity index (χ0v) is 11.9. The molecule has 0 aliphatic carbocycles. The Balaban J connectivity index is 2.24. The molecule has 0 unspecified atom stereocenters. The molecule has 0 aliphatic heterocycles. The van der Waals surface area contributed by atoms with E-state index in [2.05, 4.69) is 0 Å². The molecule has 0 radical (unpaired) electrons. The van der Waals surface area contributed by atoms with Crippen LogP contribution in [0.5, 0.6) is 11.5 Å². The summed E-state index contributed by atoms with van der Waals surface area (Å²) in [5.74, 6) is -0.969. The maximum atomic E-state index is 13.2. The topological polar surface area (TPSA) is 55.8 Å². The summed E-state index contributed by atoms with van der Waals surface area (Å²) in [4.78, 5) is 11.1. The van der Waals surface area contributed by atoms with Crippen LogP contribution in [0.3, 0.4) is 0 Å². The van der Waals surface area contributed by atoms with E-state index in [-0.39, 0.29) is 17.9 Å². The molecule has 0 fully saturated rings. The molecule has 0 aliphatic rings. The highest BCUT2D eigenvalue weighted by molar-refractivity contribution is 6.31. The number of carboxylic acid groups (broad SMARTS) is 1. The Morgan fingerprint density at radius 1 is 1.24 bits per heavy atom. The Morgan fingerprint density at radius 3 is 2.62 bits per heavy atom. The third-order valence-corrected chi connectivity index (χ3v) is 3.03. The van der Waals surface area contributed by atoms with E-state index in [4.69, 9.17) is 26.2 Å². The number of rotatable bonds is 5. The maximum Gasteiger partial charge on any atom is 0.339 e. The van der Waals surface area contributed by atoms with Gasteiger partial charge in [0.2, 0.25) is 0 Å². The van der Waals surface area contributed by atoms with E-state index in [0.717, 1.165) is 0 Å². The van der Waals surface area contributed by atoms with Gasteiger partial charge in [-0.1, -0.05) is 11.6 Å². The fourth-order valence-electron chi connectivity index (χ4n) is 1.81. The second-order valence-corrected chi connectivity index (χ2v) is 4.63. The van der Waals surface area contributed by atoms with Crippen LogP contribution < -0.4 is 9.47 Å². The number of carboxylic acids is 1. The summed E-state index contributed by atoms with van der Waals surface area (Å²) in [6, 6.07) is 8.29. The molecule has 0 atom stereocenters. The first-order chi connectivity index (χ1) is 10.0. The van der Waals surface area contributed by atoms with Crippen molar-refractivity contribution in [3.8, 4) is 11.5 Å². The van der Waals surface area contributed by atoms with Crippen molar-refractivity contribution in [3.05, 3.63) is 58.4 Å². The summed E-state index contributed by atoms with van der Waals surface area (Å²) in [5, 5.41) is 9.40. The zero-order valence-electron chi connectivity index (χ0n) is 11.1. The molecule has 1 N–H and O–H groups in total. The summed E-state index contributed by atoms with van der Waals surface area (Å²) < 4.78 is 23.8. The van der Waals surface area contributed by atoms with Crippen LogP contribution >= 0.6 is 11.6 Å². The number of halogens is 2. The normalized spacial score (nSPS) is 10.2. The van der Waals surface area contributed by atoms with E-state index in [1.54, 1.807) is 0 Å². The van der Waals surface area contributed by atoms with Crippen LogP contribution in [0.2, 0.25) is 5.02 Å². The smallest absolute Gasteiger partial charge is 0.339 e. The van der Waals surface area contributed by atoms with Gasteiger partial charge in [0, 0.05) is 10.6 Å². The van der Waals surface area contributed by atoms with E-state index in [1.807, 2.05) is 0 Å². The molecule has 2 rings (SSSR count). The predicted octanol–water partition coefficient (Wildman–Crippen LogP) is 3.76. The van der Waals surface area contributed by atoms with Gasteiger partial charge in [-0.2, -0.15) is 0 Å².